The molecule has 0 atom stereocenters. The van der Waals surface area contributed by atoms with E-state index in [1.807, 2.05) is 0 Å². The molecule has 1 aromatic rings. The van der Waals surface area contributed by atoms with Crippen LogP contribution in [0.3, 0.4) is 0 Å². The number of hydrogen-bond acceptors (Lipinski definition) is 4. The summed E-state index contributed by atoms with van der Waals surface area (Å²) >= 11 is 0. The SMILES string of the molecule is NCC1(c2nc(CC(F)(F)F)no2)CCCCC1. The smallest absolute Gasteiger partial charge is 0.339 e. The summed E-state index contributed by atoms with van der Waals surface area (Å²) in [6, 6.07) is 0. The quantitative estimate of drug-likeness (QED) is 0.909. The van der Waals surface area contributed by atoms with E-state index in [-0.39, 0.29) is 11.7 Å². The summed E-state index contributed by atoms with van der Waals surface area (Å²) in [4.78, 5) is 3.88. The van der Waals surface area contributed by atoms with Crippen molar-refractivity contribution >= 4 is 0 Å². The first-order valence-corrected chi connectivity index (χ1v) is 6.05. The van der Waals surface area contributed by atoms with E-state index >= 15 is 0 Å². The van der Waals surface area contributed by atoms with E-state index in [1.54, 1.807) is 0 Å². The van der Waals surface area contributed by atoms with Crippen LogP contribution in [0.5, 0.6) is 0 Å². The third-order valence-electron chi connectivity index (χ3n) is 3.48. The van der Waals surface area contributed by atoms with Crippen LogP contribution in [0.25, 0.3) is 0 Å². The summed E-state index contributed by atoms with van der Waals surface area (Å²) in [5, 5.41) is 3.41. The Morgan fingerprint density at radius 1 is 1.22 bits per heavy atom. The predicted octanol–water partition coefficient (Wildman–Crippen LogP) is 2.34. The second-order valence-electron chi connectivity index (χ2n) is 4.85. The van der Waals surface area contributed by atoms with Crippen molar-refractivity contribution in [2.45, 2.75) is 50.1 Å². The highest BCUT2D eigenvalue weighted by Gasteiger charge is 2.39. The Morgan fingerprint density at radius 2 is 1.89 bits per heavy atom. The third kappa shape index (κ3) is 2.82. The van der Waals surface area contributed by atoms with E-state index in [2.05, 4.69) is 10.1 Å². The minimum atomic E-state index is -4.32. The Bertz CT molecular complexity index is 396. The fraction of sp³-hybridized carbons (Fsp3) is 0.818. The topological polar surface area (TPSA) is 64.9 Å². The molecule has 1 aromatic heterocycles. The Balaban J connectivity index is 2.17. The van der Waals surface area contributed by atoms with Crippen molar-refractivity contribution in [3.63, 3.8) is 0 Å². The normalized spacial score (nSPS) is 20.0. The molecular formula is C11H16F3N3O. The minimum absolute atomic E-state index is 0.268. The van der Waals surface area contributed by atoms with Gasteiger partial charge >= 0.3 is 6.18 Å². The Labute approximate surface area is 103 Å². The summed E-state index contributed by atoms with van der Waals surface area (Å²) in [6.45, 7) is 0.334. The van der Waals surface area contributed by atoms with Crippen LogP contribution in [-0.4, -0.2) is 22.9 Å². The van der Waals surface area contributed by atoms with Gasteiger partial charge in [0.2, 0.25) is 5.89 Å². The van der Waals surface area contributed by atoms with E-state index in [9.17, 15) is 13.2 Å². The van der Waals surface area contributed by atoms with Crippen LogP contribution in [0.15, 0.2) is 4.52 Å². The molecule has 7 heteroatoms. The first kappa shape index (κ1) is 13.3. The lowest BCUT2D eigenvalue weighted by molar-refractivity contribution is -0.128. The number of halogens is 3. The lowest BCUT2D eigenvalue weighted by atomic mass is 9.74. The summed E-state index contributed by atoms with van der Waals surface area (Å²) in [5.41, 5.74) is 5.34. The average molecular weight is 263 g/mol. The van der Waals surface area contributed by atoms with Gasteiger partial charge in [0.05, 0.1) is 5.41 Å². The second-order valence-corrected chi connectivity index (χ2v) is 4.85. The highest BCUT2D eigenvalue weighted by Crippen LogP contribution is 2.37. The van der Waals surface area contributed by atoms with E-state index in [4.69, 9.17) is 10.3 Å². The van der Waals surface area contributed by atoms with Crippen molar-refractivity contribution < 1.29 is 17.7 Å². The summed E-state index contributed by atoms with van der Waals surface area (Å²) in [5.74, 6) is -0.0418. The average Bonchev–Trinajstić information content (AvgIpc) is 2.76. The summed E-state index contributed by atoms with van der Waals surface area (Å²) in [7, 11) is 0. The molecule has 4 nitrogen and oxygen atoms in total. The maximum atomic E-state index is 12.2. The molecule has 0 bridgehead atoms. The molecule has 1 heterocycles. The van der Waals surface area contributed by atoms with Gasteiger partial charge in [0.1, 0.15) is 6.42 Å². The van der Waals surface area contributed by atoms with Gasteiger partial charge in [-0.3, -0.25) is 0 Å². The molecule has 0 saturated heterocycles. The molecule has 0 radical (unpaired) electrons. The lowest BCUT2D eigenvalue weighted by Gasteiger charge is -2.32. The zero-order valence-corrected chi connectivity index (χ0v) is 9.96. The maximum Gasteiger partial charge on any atom is 0.396 e. The number of nitrogens with zero attached hydrogens (tertiary/aromatic N) is 2. The zero-order valence-electron chi connectivity index (χ0n) is 9.96. The maximum absolute atomic E-state index is 12.2. The van der Waals surface area contributed by atoms with Gasteiger partial charge in [0.25, 0.3) is 0 Å². The van der Waals surface area contributed by atoms with Crippen molar-refractivity contribution in [3.05, 3.63) is 11.7 Å². The monoisotopic (exact) mass is 263 g/mol. The Hall–Kier alpha value is -1.11. The van der Waals surface area contributed by atoms with Gasteiger partial charge in [0, 0.05) is 6.54 Å². The zero-order chi connectivity index (χ0) is 13.2. The van der Waals surface area contributed by atoms with Crippen molar-refractivity contribution in [2.24, 2.45) is 5.73 Å². The van der Waals surface area contributed by atoms with Crippen LogP contribution >= 0.6 is 0 Å². The minimum Gasteiger partial charge on any atom is -0.339 e. The van der Waals surface area contributed by atoms with Gasteiger partial charge in [0.15, 0.2) is 5.82 Å². The van der Waals surface area contributed by atoms with E-state index in [0.29, 0.717) is 6.54 Å². The molecule has 0 aromatic carbocycles. The van der Waals surface area contributed by atoms with Crippen molar-refractivity contribution in [1.82, 2.24) is 10.1 Å². The summed E-state index contributed by atoms with van der Waals surface area (Å²) in [6.07, 6.45) is -0.761. The number of hydrogen-bond donors (Lipinski definition) is 1. The van der Waals surface area contributed by atoms with Crippen LogP contribution < -0.4 is 5.73 Å². The third-order valence-corrected chi connectivity index (χ3v) is 3.48. The van der Waals surface area contributed by atoms with Crippen molar-refractivity contribution in [1.29, 1.82) is 0 Å². The molecule has 2 N–H and O–H groups in total. The molecular weight excluding hydrogens is 247 g/mol. The van der Waals surface area contributed by atoms with Gasteiger partial charge in [-0.1, -0.05) is 24.4 Å². The van der Waals surface area contributed by atoms with Gasteiger partial charge in [-0.25, -0.2) is 0 Å². The van der Waals surface area contributed by atoms with Gasteiger partial charge in [-0.05, 0) is 12.8 Å². The molecule has 1 saturated carbocycles. The fourth-order valence-electron chi connectivity index (χ4n) is 2.45. The van der Waals surface area contributed by atoms with E-state index < -0.39 is 18.0 Å². The number of rotatable bonds is 3. The van der Waals surface area contributed by atoms with Gasteiger partial charge in [-0.15, -0.1) is 0 Å². The number of aromatic nitrogens is 2. The molecule has 0 amide bonds. The van der Waals surface area contributed by atoms with Crippen LogP contribution in [0.4, 0.5) is 13.2 Å². The van der Waals surface area contributed by atoms with E-state index in [0.717, 1.165) is 32.1 Å². The molecule has 18 heavy (non-hydrogen) atoms. The molecule has 102 valence electrons. The Morgan fingerprint density at radius 3 is 2.44 bits per heavy atom. The highest BCUT2D eigenvalue weighted by molar-refractivity contribution is 5.08. The van der Waals surface area contributed by atoms with Crippen molar-refractivity contribution in [2.75, 3.05) is 6.54 Å². The van der Waals surface area contributed by atoms with Crippen LogP contribution in [0.1, 0.15) is 43.8 Å². The molecule has 1 aliphatic rings. The predicted molar refractivity (Wildman–Crippen MR) is 57.9 cm³/mol. The highest BCUT2D eigenvalue weighted by atomic mass is 19.4. The largest absolute Gasteiger partial charge is 0.396 e. The van der Waals surface area contributed by atoms with Crippen LogP contribution in [0, 0.1) is 0 Å². The molecule has 0 unspecified atom stereocenters. The van der Waals surface area contributed by atoms with E-state index in [1.165, 1.54) is 0 Å². The lowest BCUT2D eigenvalue weighted by Crippen LogP contribution is -2.37. The number of nitrogens with two attached hydrogens (primary N) is 1. The standard InChI is InChI=1S/C11H16F3N3O/c12-11(13,14)6-8-16-9(18-17-8)10(7-15)4-2-1-3-5-10/h1-7,15H2. The Kier molecular flexibility index (Phi) is 3.61. The van der Waals surface area contributed by atoms with Gasteiger partial charge in [-0.2, -0.15) is 18.2 Å². The van der Waals surface area contributed by atoms with Gasteiger partial charge < -0.3 is 10.3 Å². The first-order chi connectivity index (χ1) is 8.45. The molecule has 0 aliphatic heterocycles. The molecule has 0 spiro atoms. The molecule has 1 fully saturated rings. The van der Waals surface area contributed by atoms with Crippen LogP contribution in [0.2, 0.25) is 0 Å². The second kappa shape index (κ2) is 4.87. The summed E-state index contributed by atoms with van der Waals surface area (Å²) < 4.78 is 41.7. The first-order valence-electron chi connectivity index (χ1n) is 6.05. The van der Waals surface area contributed by atoms with Crippen molar-refractivity contribution in [3.8, 4) is 0 Å². The van der Waals surface area contributed by atoms with Crippen LogP contribution in [-0.2, 0) is 11.8 Å². The number of alkyl halides is 3. The molecule has 2 rings (SSSR count). The fourth-order valence-corrected chi connectivity index (χ4v) is 2.45. The molecule has 1 aliphatic carbocycles.